The van der Waals surface area contributed by atoms with Gasteiger partial charge in [-0.05, 0) is 75.2 Å². The molecule has 0 atom stereocenters. The molecule has 0 saturated carbocycles. The van der Waals surface area contributed by atoms with Crippen LogP contribution in [0.1, 0.15) is 37.8 Å². The summed E-state index contributed by atoms with van der Waals surface area (Å²) in [4.78, 5) is 17.2. The van der Waals surface area contributed by atoms with Gasteiger partial charge >= 0.3 is 0 Å². The quantitative estimate of drug-likeness (QED) is 0.450. The first-order valence-corrected chi connectivity index (χ1v) is 11.5. The Balaban J connectivity index is 1.42. The molecule has 0 aromatic heterocycles. The van der Waals surface area contributed by atoms with Gasteiger partial charge in [-0.25, -0.2) is 5.43 Å². The second-order valence-electron chi connectivity index (χ2n) is 7.67. The summed E-state index contributed by atoms with van der Waals surface area (Å²) in [6.45, 7) is 9.09. The van der Waals surface area contributed by atoms with E-state index in [0.717, 1.165) is 55.6 Å². The molecule has 3 rings (SSSR count). The molecule has 30 heavy (non-hydrogen) atoms. The number of carbonyl (C=O) groups is 1. The maximum Gasteiger partial charge on any atom is 0.243 e. The van der Waals surface area contributed by atoms with E-state index in [1.54, 1.807) is 6.21 Å². The standard InChI is InChI=1S/C24H31BrN4O/c1-3-29(4-2)23-11-7-19(8-12-23)17-26-27-24(30)21-13-15-28(16-14-21)18-20-5-9-22(25)10-6-20/h5-12,17,21H,3-4,13-16,18H2,1-2H3,(H,27,30). The molecular weight excluding hydrogens is 440 g/mol. The largest absolute Gasteiger partial charge is 0.372 e. The summed E-state index contributed by atoms with van der Waals surface area (Å²) in [5.74, 6) is 0.0580. The lowest BCUT2D eigenvalue weighted by Gasteiger charge is -2.30. The maximum atomic E-state index is 12.5. The predicted molar refractivity (Wildman–Crippen MR) is 128 cm³/mol. The molecule has 1 saturated heterocycles. The van der Waals surface area contributed by atoms with E-state index in [1.165, 1.54) is 11.3 Å². The normalized spacial score (nSPS) is 15.4. The second kappa shape index (κ2) is 11.3. The molecule has 2 aromatic rings. The smallest absolute Gasteiger partial charge is 0.243 e. The van der Waals surface area contributed by atoms with Gasteiger partial charge in [-0.3, -0.25) is 9.69 Å². The lowest BCUT2D eigenvalue weighted by atomic mass is 9.96. The number of hydrogen-bond donors (Lipinski definition) is 1. The number of rotatable bonds is 8. The minimum Gasteiger partial charge on any atom is -0.372 e. The zero-order valence-electron chi connectivity index (χ0n) is 17.9. The topological polar surface area (TPSA) is 47.9 Å². The molecule has 0 bridgehead atoms. The van der Waals surface area contributed by atoms with Crippen molar-refractivity contribution in [2.45, 2.75) is 33.2 Å². The lowest BCUT2D eigenvalue weighted by molar-refractivity contribution is -0.126. The Morgan fingerprint density at radius 2 is 1.73 bits per heavy atom. The summed E-state index contributed by atoms with van der Waals surface area (Å²) >= 11 is 3.47. The predicted octanol–water partition coefficient (Wildman–Crippen LogP) is 4.66. The van der Waals surface area contributed by atoms with Gasteiger partial charge in [-0.1, -0.05) is 40.2 Å². The van der Waals surface area contributed by atoms with Gasteiger partial charge in [0.15, 0.2) is 0 Å². The van der Waals surface area contributed by atoms with E-state index in [0.29, 0.717) is 0 Å². The van der Waals surface area contributed by atoms with Crippen LogP contribution in [0.4, 0.5) is 5.69 Å². The number of nitrogens with zero attached hydrogens (tertiary/aromatic N) is 3. The highest BCUT2D eigenvalue weighted by Gasteiger charge is 2.24. The molecule has 1 N–H and O–H groups in total. The Hall–Kier alpha value is -2.18. The van der Waals surface area contributed by atoms with Crippen LogP contribution >= 0.6 is 15.9 Å². The minimum absolute atomic E-state index is 0.0225. The van der Waals surface area contributed by atoms with Crippen LogP contribution in [-0.4, -0.2) is 43.2 Å². The molecule has 0 unspecified atom stereocenters. The Bertz CT molecular complexity index is 823. The molecular formula is C24H31BrN4O. The average molecular weight is 471 g/mol. The summed E-state index contributed by atoms with van der Waals surface area (Å²) in [7, 11) is 0. The van der Waals surface area contributed by atoms with Gasteiger partial charge in [0.05, 0.1) is 6.21 Å². The van der Waals surface area contributed by atoms with Crippen LogP contribution in [0.2, 0.25) is 0 Å². The van der Waals surface area contributed by atoms with Gasteiger partial charge in [0.25, 0.3) is 0 Å². The fraction of sp³-hybridized carbons (Fsp3) is 0.417. The third kappa shape index (κ3) is 6.41. The molecule has 6 heteroatoms. The first kappa shape index (κ1) is 22.5. The fourth-order valence-corrected chi connectivity index (χ4v) is 4.09. The van der Waals surface area contributed by atoms with E-state index in [9.17, 15) is 4.79 Å². The van der Waals surface area contributed by atoms with Gasteiger partial charge in [-0.2, -0.15) is 5.10 Å². The van der Waals surface area contributed by atoms with Gasteiger partial charge < -0.3 is 4.90 Å². The molecule has 1 amide bonds. The SMILES string of the molecule is CCN(CC)c1ccc(C=NNC(=O)C2CCN(Cc3ccc(Br)cc3)CC2)cc1. The number of anilines is 1. The van der Waals surface area contributed by atoms with Crippen LogP contribution in [-0.2, 0) is 11.3 Å². The van der Waals surface area contributed by atoms with Crippen molar-refractivity contribution < 1.29 is 4.79 Å². The molecule has 2 aromatic carbocycles. The van der Waals surface area contributed by atoms with Crippen LogP contribution in [0.5, 0.6) is 0 Å². The van der Waals surface area contributed by atoms with E-state index in [-0.39, 0.29) is 11.8 Å². The van der Waals surface area contributed by atoms with Crippen molar-refractivity contribution in [3.8, 4) is 0 Å². The average Bonchev–Trinajstić information content (AvgIpc) is 2.78. The number of nitrogens with one attached hydrogen (secondary N) is 1. The number of amides is 1. The van der Waals surface area contributed by atoms with Crippen LogP contribution in [0, 0.1) is 5.92 Å². The molecule has 1 fully saturated rings. The highest BCUT2D eigenvalue weighted by atomic mass is 79.9. The van der Waals surface area contributed by atoms with E-state index in [2.05, 4.69) is 86.5 Å². The van der Waals surface area contributed by atoms with Crippen LogP contribution < -0.4 is 10.3 Å². The number of carbonyl (C=O) groups excluding carboxylic acids is 1. The van der Waals surface area contributed by atoms with E-state index < -0.39 is 0 Å². The number of likely N-dealkylation sites (tertiary alicyclic amines) is 1. The van der Waals surface area contributed by atoms with Crippen molar-refractivity contribution in [2.24, 2.45) is 11.0 Å². The molecule has 5 nitrogen and oxygen atoms in total. The molecule has 0 aliphatic carbocycles. The van der Waals surface area contributed by atoms with Crippen LogP contribution in [0.15, 0.2) is 58.1 Å². The molecule has 160 valence electrons. The Kier molecular flexibility index (Phi) is 8.46. The highest BCUT2D eigenvalue weighted by Crippen LogP contribution is 2.20. The van der Waals surface area contributed by atoms with Gasteiger partial charge in [0, 0.05) is 35.7 Å². The van der Waals surface area contributed by atoms with Gasteiger partial charge in [0.2, 0.25) is 5.91 Å². The maximum absolute atomic E-state index is 12.5. The van der Waals surface area contributed by atoms with E-state index in [4.69, 9.17) is 0 Å². The van der Waals surface area contributed by atoms with Gasteiger partial charge in [0.1, 0.15) is 0 Å². The van der Waals surface area contributed by atoms with Crippen molar-refractivity contribution >= 4 is 33.7 Å². The Morgan fingerprint density at radius 1 is 1.10 bits per heavy atom. The van der Waals surface area contributed by atoms with Crippen molar-refractivity contribution in [1.29, 1.82) is 0 Å². The van der Waals surface area contributed by atoms with Gasteiger partial charge in [-0.15, -0.1) is 0 Å². The number of hydrogen-bond acceptors (Lipinski definition) is 4. The number of piperidine rings is 1. The molecule has 0 spiro atoms. The minimum atomic E-state index is 0.0225. The van der Waals surface area contributed by atoms with Crippen molar-refractivity contribution in [3.05, 3.63) is 64.1 Å². The highest BCUT2D eigenvalue weighted by molar-refractivity contribution is 9.10. The van der Waals surface area contributed by atoms with Crippen LogP contribution in [0.25, 0.3) is 0 Å². The summed E-state index contributed by atoms with van der Waals surface area (Å²) < 4.78 is 1.10. The molecule has 1 heterocycles. The Morgan fingerprint density at radius 3 is 2.33 bits per heavy atom. The van der Waals surface area contributed by atoms with E-state index >= 15 is 0 Å². The zero-order chi connectivity index (χ0) is 21.3. The van der Waals surface area contributed by atoms with Crippen molar-refractivity contribution in [2.75, 3.05) is 31.1 Å². The Labute approximate surface area is 188 Å². The first-order chi connectivity index (χ1) is 14.6. The van der Waals surface area contributed by atoms with Crippen molar-refractivity contribution in [3.63, 3.8) is 0 Å². The monoisotopic (exact) mass is 470 g/mol. The number of benzene rings is 2. The fourth-order valence-electron chi connectivity index (χ4n) is 3.82. The third-order valence-electron chi connectivity index (χ3n) is 5.69. The zero-order valence-corrected chi connectivity index (χ0v) is 19.4. The summed E-state index contributed by atoms with van der Waals surface area (Å²) in [5, 5.41) is 4.17. The number of halogens is 1. The summed E-state index contributed by atoms with van der Waals surface area (Å²) in [6.07, 6.45) is 3.46. The summed E-state index contributed by atoms with van der Waals surface area (Å²) in [6, 6.07) is 16.7. The molecule has 1 aliphatic heterocycles. The van der Waals surface area contributed by atoms with Crippen LogP contribution in [0.3, 0.4) is 0 Å². The lowest BCUT2D eigenvalue weighted by Crippen LogP contribution is -2.39. The van der Waals surface area contributed by atoms with E-state index in [1.807, 2.05) is 12.1 Å². The molecule has 1 aliphatic rings. The third-order valence-corrected chi connectivity index (χ3v) is 6.22. The second-order valence-corrected chi connectivity index (χ2v) is 8.59. The summed E-state index contributed by atoms with van der Waals surface area (Å²) in [5.41, 5.74) is 6.22. The van der Waals surface area contributed by atoms with Crippen molar-refractivity contribution in [1.82, 2.24) is 10.3 Å². The molecule has 0 radical (unpaired) electrons. The number of hydrazone groups is 1. The first-order valence-electron chi connectivity index (χ1n) is 10.7.